The molecule has 2 aliphatic heterocycles. The molecule has 2 saturated carbocycles. The SMILES string of the molecule is COC(=O)CCC/C=C\C[C@@H]1[C@@H](/C=C/[C@H](OC2CCCCO2)C(C)C2CCCC2)[C@H](OC2CCCCO2)C[C@H]1OS(=O)(=O)c1ccc(C)cc1. The number of aryl methyl sites for hydroxylation is 1. The highest BCUT2D eigenvalue weighted by Crippen LogP contribution is 2.43. The summed E-state index contributed by atoms with van der Waals surface area (Å²) in [7, 11) is -2.62. The van der Waals surface area contributed by atoms with Crippen molar-refractivity contribution < 1.29 is 41.1 Å². The van der Waals surface area contributed by atoms with Crippen molar-refractivity contribution in [3.05, 3.63) is 54.1 Å². The lowest BCUT2D eigenvalue weighted by Crippen LogP contribution is -2.34. The van der Waals surface area contributed by atoms with Gasteiger partial charge in [0.1, 0.15) is 0 Å². The fourth-order valence-electron chi connectivity index (χ4n) is 8.02. The number of hydrogen-bond donors (Lipinski definition) is 0. The summed E-state index contributed by atoms with van der Waals surface area (Å²) in [5.74, 6) is 0.391. The fourth-order valence-corrected chi connectivity index (χ4v) is 9.15. The highest BCUT2D eigenvalue weighted by atomic mass is 32.2. The lowest BCUT2D eigenvalue weighted by atomic mass is 9.85. The van der Waals surface area contributed by atoms with Gasteiger partial charge in [0.05, 0.1) is 30.3 Å². The number of esters is 1. The van der Waals surface area contributed by atoms with Crippen molar-refractivity contribution in [2.24, 2.45) is 23.7 Å². The second-order valence-electron chi connectivity index (χ2n) is 14.7. The van der Waals surface area contributed by atoms with E-state index in [1.54, 1.807) is 24.3 Å². The molecule has 50 heavy (non-hydrogen) atoms. The Labute approximate surface area is 300 Å². The minimum absolute atomic E-state index is 0.126. The predicted octanol–water partition coefficient (Wildman–Crippen LogP) is 8.20. The van der Waals surface area contributed by atoms with Crippen LogP contribution >= 0.6 is 0 Å². The molecule has 0 N–H and O–H groups in total. The number of methoxy groups -OCH3 is 1. The van der Waals surface area contributed by atoms with Gasteiger partial charge in [0.25, 0.3) is 10.1 Å². The van der Waals surface area contributed by atoms with E-state index in [1.165, 1.54) is 32.8 Å². The topological polar surface area (TPSA) is 107 Å². The van der Waals surface area contributed by atoms with Crippen LogP contribution < -0.4 is 0 Å². The molecule has 4 fully saturated rings. The molecule has 2 heterocycles. The predicted molar refractivity (Wildman–Crippen MR) is 192 cm³/mol. The molecule has 2 saturated heterocycles. The van der Waals surface area contributed by atoms with Crippen LogP contribution in [0.2, 0.25) is 0 Å². The Kier molecular flexibility index (Phi) is 15.4. The standard InChI is InChI=1S/C40H60O9S/c1-29-20-22-32(23-21-29)50(42,43)49-37-28-36(48-40-19-11-13-27-46-40)34(33(37)16-6-4-5-7-17-38(41)44-3)24-25-35(30(2)31-14-8-9-15-31)47-39-18-10-12-26-45-39/h4,6,20-25,30-31,33-37,39-40H,5,7-19,26-28H2,1-3H3/b6-4-,25-24+/t30?,33-,34-,35+,36-,37-,39?,40?/m1/s1. The molecule has 3 unspecified atom stereocenters. The Morgan fingerprint density at radius 3 is 2.26 bits per heavy atom. The van der Waals surface area contributed by atoms with E-state index >= 15 is 0 Å². The van der Waals surface area contributed by atoms with E-state index in [1.807, 2.05) is 6.92 Å². The number of ether oxygens (including phenoxy) is 5. The molecule has 1 aromatic carbocycles. The molecule has 10 heteroatoms. The van der Waals surface area contributed by atoms with Crippen molar-refractivity contribution in [2.45, 2.75) is 146 Å². The third kappa shape index (κ3) is 11.5. The van der Waals surface area contributed by atoms with Crippen molar-refractivity contribution >= 4 is 16.1 Å². The van der Waals surface area contributed by atoms with Crippen molar-refractivity contribution in [1.82, 2.24) is 0 Å². The van der Waals surface area contributed by atoms with Gasteiger partial charge in [0.15, 0.2) is 12.6 Å². The molecule has 0 bridgehead atoms. The molecule has 4 aliphatic rings. The molecule has 8 atom stereocenters. The Morgan fingerprint density at radius 1 is 0.920 bits per heavy atom. The summed E-state index contributed by atoms with van der Waals surface area (Å²) in [6.45, 7) is 5.62. The Balaban J connectivity index is 1.42. The zero-order valence-electron chi connectivity index (χ0n) is 30.4. The average molecular weight is 717 g/mol. The van der Waals surface area contributed by atoms with E-state index < -0.39 is 16.2 Å². The molecule has 0 amide bonds. The van der Waals surface area contributed by atoms with E-state index in [4.69, 9.17) is 27.9 Å². The first-order valence-electron chi connectivity index (χ1n) is 19.2. The van der Waals surface area contributed by atoms with Crippen LogP contribution in [0.3, 0.4) is 0 Å². The molecule has 1 aromatic rings. The van der Waals surface area contributed by atoms with Crippen LogP contribution in [0.4, 0.5) is 0 Å². The lowest BCUT2D eigenvalue weighted by Gasteiger charge is -2.33. The first-order valence-corrected chi connectivity index (χ1v) is 20.6. The fraction of sp³-hybridized carbons (Fsp3) is 0.725. The van der Waals surface area contributed by atoms with Crippen LogP contribution in [0.15, 0.2) is 53.5 Å². The molecular formula is C40H60O9S. The van der Waals surface area contributed by atoms with E-state index in [2.05, 4.69) is 31.2 Å². The van der Waals surface area contributed by atoms with E-state index in [9.17, 15) is 13.2 Å². The molecule has 2 aliphatic carbocycles. The van der Waals surface area contributed by atoms with Gasteiger partial charge in [-0.3, -0.25) is 8.98 Å². The van der Waals surface area contributed by atoms with Crippen molar-refractivity contribution in [3.63, 3.8) is 0 Å². The van der Waals surface area contributed by atoms with Crippen LogP contribution in [-0.2, 0) is 42.8 Å². The first kappa shape index (κ1) is 39.1. The van der Waals surface area contributed by atoms with Gasteiger partial charge in [-0.2, -0.15) is 8.42 Å². The van der Waals surface area contributed by atoms with E-state index in [-0.39, 0.29) is 47.5 Å². The summed E-state index contributed by atoms with van der Waals surface area (Å²) in [6.07, 6.45) is 20.7. The maximum absolute atomic E-state index is 13.7. The van der Waals surface area contributed by atoms with Crippen molar-refractivity contribution in [3.8, 4) is 0 Å². The van der Waals surface area contributed by atoms with Gasteiger partial charge in [-0.1, -0.05) is 74.6 Å². The second kappa shape index (κ2) is 19.7. The number of hydrogen-bond acceptors (Lipinski definition) is 9. The summed E-state index contributed by atoms with van der Waals surface area (Å²) in [4.78, 5) is 11.8. The van der Waals surface area contributed by atoms with Gasteiger partial charge >= 0.3 is 5.97 Å². The lowest BCUT2D eigenvalue weighted by molar-refractivity contribution is -0.193. The number of benzene rings is 1. The Morgan fingerprint density at radius 2 is 1.60 bits per heavy atom. The highest BCUT2D eigenvalue weighted by molar-refractivity contribution is 7.86. The largest absolute Gasteiger partial charge is 0.469 e. The molecule has 9 nitrogen and oxygen atoms in total. The van der Waals surface area contributed by atoms with E-state index in [0.29, 0.717) is 44.1 Å². The summed E-state index contributed by atoms with van der Waals surface area (Å²) < 4.78 is 63.8. The zero-order chi connectivity index (χ0) is 35.3. The minimum Gasteiger partial charge on any atom is -0.469 e. The van der Waals surface area contributed by atoms with Gasteiger partial charge < -0.3 is 23.7 Å². The maximum Gasteiger partial charge on any atom is 0.305 e. The van der Waals surface area contributed by atoms with Crippen LogP contribution in [0.5, 0.6) is 0 Å². The molecule has 280 valence electrons. The number of carbonyl (C=O) groups excluding carboxylic acids is 1. The smallest absolute Gasteiger partial charge is 0.305 e. The summed E-state index contributed by atoms with van der Waals surface area (Å²) in [5, 5.41) is 0. The number of unbranched alkanes of at least 4 members (excludes halogenated alkanes) is 1. The van der Waals surface area contributed by atoms with Gasteiger partial charge in [0.2, 0.25) is 0 Å². The van der Waals surface area contributed by atoms with Gasteiger partial charge in [0, 0.05) is 32.0 Å². The monoisotopic (exact) mass is 716 g/mol. The average Bonchev–Trinajstić information content (AvgIpc) is 3.77. The maximum atomic E-state index is 13.7. The van der Waals surface area contributed by atoms with Crippen molar-refractivity contribution in [1.29, 1.82) is 0 Å². The van der Waals surface area contributed by atoms with Crippen LogP contribution in [-0.4, -0.2) is 65.6 Å². The number of rotatable bonds is 17. The number of carbonyl (C=O) groups is 1. The van der Waals surface area contributed by atoms with Crippen LogP contribution in [0.1, 0.15) is 109 Å². The minimum atomic E-state index is -4.03. The van der Waals surface area contributed by atoms with Gasteiger partial charge in [-0.05, 0) is 94.6 Å². The molecule has 0 spiro atoms. The zero-order valence-corrected chi connectivity index (χ0v) is 31.2. The van der Waals surface area contributed by atoms with Crippen molar-refractivity contribution in [2.75, 3.05) is 20.3 Å². The Bertz CT molecular complexity index is 1320. The molecule has 0 aromatic heterocycles. The molecule has 5 rings (SSSR count). The number of allylic oxidation sites excluding steroid dienone is 2. The molecule has 0 radical (unpaired) electrons. The van der Waals surface area contributed by atoms with Gasteiger partial charge in [-0.15, -0.1) is 0 Å². The molecular weight excluding hydrogens is 656 g/mol. The highest BCUT2D eigenvalue weighted by Gasteiger charge is 2.46. The first-order chi connectivity index (χ1) is 24.2. The van der Waals surface area contributed by atoms with Crippen LogP contribution in [0, 0.1) is 30.6 Å². The quantitative estimate of drug-likeness (QED) is 0.0683. The third-order valence-electron chi connectivity index (χ3n) is 11.1. The van der Waals surface area contributed by atoms with Crippen LogP contribution in [0.25, 0.3) is 0 Å². The normalized spacial score (nSPS) is 29.5. The summed E-state index contributed by atoms with van der Waals surface area (Å²) in [5.41, 5.74) is 0.980. The Hall–Kier alpha value is -2.08. The summed E-state index contributed by atoms with van der Waals surface area (Å²) >= 11 is 0. The second-order valence-corrected chi connectivity index (χ2v) is 16.3. The van der Waals surface area contributed by atoms with Gasteiger partial charge in [-0.25, -0.2) is 0 Å². The van der Waals surface area contributed by atoms with E-state index in [0.717, 1.165) is 57.1 Å². The summed E-state index contributed by atoms with van der Waals surface area (Å²) in [6, 6.07) is 6.80. The third-order valence-corrected chi connectivity index (χ3v) is 12.4.